The van der Waals surface area contributed by atoms with E-state index in [1.54, 1.807) is 40.4 Å². The van der Waals surface area contributed by atoms with E-state index in [0.29, 0.717) is 29.0 Å². The Morgan fingerprint density at radius 2 is 1.51 bits per heavy atom. The number of ether oxygens (including phenoxy) is 5. The number of aliphatic imine (C=N–C) groups is 1. The minimum atomic E-state index is -0.515. The molecule has 0 aromatic heterocycles. The van der Waals surface area contributed by atoms with Crippen molar-refractivity contribution in [1.29, 1.82) is 0 Å². The summed E-state index contributed by atoms with van der Waals surface area (Å²) in [6.45, 7) is 4.04. The number of amidine groups is 1. The fourth-order valence-corrected chi connectivity index (χ4v) is 6.31. The first-order valence-electron chi connectivity index (χ1n) is 15.8. The second-order valence-electron chi connectivity index (χ2n) is 11.5. The number of rotatable bonds is 9. The molecule has 0 fully saturated rings. The van der Waals surface area contributed by atoms with Gasteiger partial charge in [0, 0.05) is 0 Å². The zero-order valence-corrected chi connectivity index (χ0v) is 27.7. The molecule has 10 heteroatoms. The van der Waals surface area contributed by atoms with Crippen molar-refractivity contribution in [3.63, 3.8) is 0 Å². The minimum absolute atomic E-state index is 0.173. The fourth-order valence-electron chi connectivity index (χ4n) is 6.31. The molecule has 0 amide bonds. The van der Waals surface area contributed by atoms with E-state index in [-0.39, 0.29) is 12.4 Å². The van der Waals surface area contributed by atoms with Gasteiger partial charge < -0.3 is 23.7 Å². The average Bonchev–Trinajstić information content (AvgIpc) is 3.36. The summed E-state index contributed by atoms with van der Waals surface area (Å²) in [7, 11) is 6.50. The average molecular weight is 637 g/mol. The SMILES string of the molecule is CCOC(=O)C1=NN(c2ccc(C)cc2)C2=NC3=C(CCCC/C3=C\c3ccc(OC)c(OC)c3)C(c3ccc(OC)c(OC)c3)N12. The van der Waals surface area contributed by atoms with Gasteiger partial charge in [-0.05, 0) is 104 Å². The highest BCUT2D eigenvalue weighted by Gasteiger charge is 2.46. The van der Waals surface area contributed by atoms with Crippen molar-refractivity contribution in [2.45, 2.75) is 45.6 Å². The third-order valence-corrected chi connectivity index (χ3v) is 8.59. The quantitative estimate of drug-likeness (QED) is 0.231. The number of fused-ring (bicyclic) bond motifs is 1. The molecule has 0 saturated heterocycles. The molecule has 2 heterocycles. The van der Waals surface area contributed by atoms with Crippen LogP contribution >= 0.6 is 0 Å². The molecule has 0 bridgehead atoms. The molecule has 6 rings (SSSR count). The van der Waals surface area contributed by atoms with Gasteiger partial charge in [-0.25, -0.2) is 9.79 Å². The second-order valence-corrected chi connectivity index (χ2v) is 11.5. The lowest BCUT2D eigenvalue weighted by atomic mass is 9.89. The van der Waals surface area contributed by atoms with E-state index in [9.17, 15) is 4.79 Å². The van der Waals surface area contributed by atoms with Gasteiger partial charge in [0.2, 0.25) is 11.8 Å². The number of hydrogen-bond acceptors (Lipinski definition) is 10. The molecule has 3 aromatic carbocycles. The van der Waals surface area contributed by atoms with E-state index in [2.05, 4.69) is 6.08 Å². The summed E-state index contributed by atoms with van der Waals surface area (Å²) in [6.07, 6.45) is 5.73. The number of methoxy groups -OCH3 is 4. The topological polar surface area (TPSA) is 94.4 Å². The van der Waals surface area contributed by atoms with Gasteiger partial charge in [0.25, 0.3) is 0 Å². The summed E-state index contributed by atoms with van der Waals surface area (Å²) in [4.78, 5) is 20.9. The van der Waals surface area contributed by atoms with Gasteiger partial charge in [-0.2, -0.15) is 5.01 Å². The van der Waals surface area contributed by atoms with Gasteiger partial charge in [-0.1, -0.05) is 29.8 Å². The lowest BCUT2D eigenvalue weighted by Gasteiger charge is -2.37. The molecular weight excluding hydrogens is 596 g/mol. The molecular formula is C37H40N4O6. The number of anilines is 1. The van der Waals surface area contributed by atoms with Crippen molar-refractivity contribution >= 4 is 29.5 Å². The Hall–Kier alpha value is -5.25. The summed E-state index contributed by atoms with van der Waals surface area (Å²) in [5.41, 5.74) is 6.86. The van der Waals surface area contributed by atoms with E-state index in [0.717, 1.165) is 64.9 Å². The van der Waals surface area contributed by atoms with Crippen molar-refractivity contribution in [3.05, 3.63) is 94.2 Å². The van der Waals surface area contributed by atoms with Gasteiger partial charge in [0.15, 0.2) is 23.0 Å². The number of nitrogens with zero attached hydrogens (tertiary/aromatic N) is 4. The Morgan fingerprint density at radius 3 is 2.19 bits per heavy atom. The third kappa shape index (κ3) is 6.03. The molecule has 1 atom stereocenters. The van der Waals surface area contributed by atoms with Crippen LogP contribution in [-0.2, 0) is 9.53 Å². The summed E-state index contributed by atoms with van der Waals surface area (Å²) in [5, 5.41) is 6.61. The normalized spacial score (nSPS) is 18.2. The van der Waals surface area contributed by atoms with Crippen molar-refractivity contribution in [2.24, 2.45) is 10.1 Å². The molecule has 0 spiro atoms. The number of guanidine groups is 1. The molecule has 3 aromatic rings. The highest BCUT2D eigenvalue weighted by molar-refractivity contribution is 6.41. The van der Waals surface area contributed by atoms with Gasteiger partial charge >= 0.3 is 5.97 Å². The van der Waals surface area contributed by atoms with Gasteiger partial charge in [0.05, 0.1) is 52.5 Å². The first kappa shape index (κ1) is 31.7. The summed E-state index contributed by atoms with van der Waals surface area (Å²) >= 11 is 0. The lowest BCUT2D eigenvalue weighted by molar-refractivity contribution is -0.135. The van der Waals surface area contributed by atoms with Crippen LogP contribution in [0.1, 0.15) is 55.3 Å². The third-order valence-electron chi connectivity index (χ3n) is 8.59. The van der Waals surface area contributed by atoms with Crippen molar-refractivity contribution in [1.82, 2.24) is 4.90 Å². The number of carbonyl (C=O) groups excluding carboxylic acids is 1. The molecule has 1 unspecified atom stereocenters. The van der Waals surface area contributed by atoms with Gasteiger partial charge in [0.1, 0.15) is 0 Å². The van der Waals surface area contributed by atoms with Crippen LogP contribution in [0.25, 0.3) is 6.08 Å². The molecule has 1 aliphatic carbocycles. The second kappa shape index (κ2) is 13.6. The van der Waals surface area contributed by atoms with Crippen LogP contribution in [0.3, 0.4) is 0 Å². The monoisotopic (exact) mass is 636 g/mol. The Balaban J connectivity index is 1.59. The van der Waals surface area contributed by atoms with Crippen molar-refractivity contribution < 1.29 is 28.5 Å². The Kier molecular flexibility index (Phi) is 9.19. The maximum absolute atomic E-state index is 13.6. The highest BCUT2D eigenvalue weighted by Crippen LogP contribution is 2.47. The van der Waals surface area contributed by atoms with Crippen LogP contribution in [0, 0.1) is 6.92 Å². The Bertz CT molecular complexity index is 1790. The predicted molar refractivity (Wildman–Crippen MR) is 182 cm³/mol. The highest BCUT2D eigenvalue weighted by atomic mass is 16.5. The van der Waals surface area contributed by atoms with Crippen LogP contribution in [-0.4, -0.2) is 57.7 Å². The van der Waals surface area contributed by atoms with E-state index >= 15 is 0 Å². The maximum Gasteiger partial charge on any atom is 0.376 e. The smallest absolute Gasteiger partial charge is 0.376 e. The Morgan fingerprint density at radius 1 is 0.851 bits per heavy atom. The molecule has 244 valence electrons. The predicted octanol–water partition coefficient (Wildman–Crippen LogP) is 7.05. The largest absolute Gasteiger partial charge is 0.493 e. The molecule has 3 aliphatic rings. The van der Waals surface area contributed by atoms with E-state index in [4.69, 9.17) is 33.8 Å². The number of benzene rings is 3. The number of hydrazone groups is 1. The van der Waals surface area contributed by atoms with Crippen LogP contribution in [0.2, 0.25) is 0 Å². The number of aryl methyl sites for hydroxylation is 1. The maximum atomic E-state index is 13.6. The molecule has 0 N–H and O–H groups in total. The number of carbonyl (C=O) groups is 1. The number of esters is 1. The summed E-state index contributed by atoms with van der Waals surface area (Å²) < 4.78 is 28.0. The van der Waals surface area contributed by atoms with Crippen LogP contribution < -0.4 is 24.0 Å². The lowest BCUT2D eigenvalue weighted by Crippen LogP contribution is -2.46. The molecule has 47 heavy (non-hydrogen) atoms. The Labute approximate surface area is 275 Å². The number of hydrogen-bond donors (Lipinski definition) is 0. The standard InChI is InChI=1S/C37H40N4O6/c1-7-47-36(42)35-39-41(27-16-12-23(2)13-17-27)37-38-33-25(20-24-14-18-29(43-3)31(21-24)45-5)10-8-9-11-28(33)34(40(35)37)26-15-19-30(44-4)32(22-26)46-6/h12-22,34H,7-11H2,1-6H3/b25-20+. The van der Waals surface area contributed by atoms with Gasteiger partial charge in [-0.15, -0.1) is 5.10 Å². The molecule has 10 nitrogen and oxygen atoms in total. The van der Waals surface area contributed by atoms with E-state index < -0.39 is 12.0 Å². The molecule has 0 radical (unpaired) electrons. The first-order chi connectivity index (χ1) is 22.9. The zero-order valence-electron chi connectivity index (χ0n) is 27.7. The van der Waals surface area contributed by atoms with Crippen LogP contribution in [0.5, 0.6) is 23.0 Å². The molecule has 2 aliphatic heterocycles. The summed E-state index contributed by atoms with van der Waals surface area (Å²) in [6, 6.07) is 19.4. The van der Waals surface area contributed by atoms with Crippen LogP contribution in [0.15, 0.2) is 87.6 Å². The van der Waals surface area contributed by atoms with Crippen molar-refractivity contribution in [2.75, 3.05) is 40.1 Å². The summed E-state index contributed by atoms with van der Waals surface area (Å²) in [5.74, 6) is 2.72. The fraction of sp³-hybridized carbons (Fsp3) is 0.324. The molecule has 0 saturated carbocycles. The number of allylic oxidation sites excluding steroid dienone is 1. The van der Waals surface area contributed by atoms with Crippen LogP contribution in [0.4, 0.5) is 5.69 Å². The van der Waals surface area contributed by atoms with Crippen molar-refractivity contribution in [3.8, 4) is 23.0 Å². The van der Waals surface area contributed by atoms with Gasteiger partial charge in [-0.3, -0.25) is 4.90 Å². The zero-order chi connectivity index (χ0) is 33.1. The van der Waals surface area contributed by atoms with E-state index in [1.165, 1.54) is 0 Å². The van der Waals surface area contributed by atoms with E-state index in [1.807, 2.05) is 72.5 Å². The first-order valence-corrected chi connectivity index (χ1v) is 15.8. The minimum Gasteiger partial charge on any atom is -0.493 e.